The monoisotopic (exact) mass is 225 g/mol. The van der Waals surface area contributed by atoms with Crippen molar-refractivity contribution in [2.24, 2.45) is 0 Å². The van der Waals surface area contributed by atoms with Gasteiger partial charge in [0.2, 0.25) is 0 Å². The summed E-state index contributed by atoms with van der Waals surface area (Å²) in [7, 11) is 0. The van der Waals surface area contributed by atoms with Gasteiger partial charge < -0.3 is 0 Å². The highest BCUT2D eigenvalue weighted by atomic mass is 14.6. The maximum absolute atomic E-state index is 4.08. The van der Waals surface area contributed by atoms with E-state index < -0.39 is 0 Å². The third-order valence-corrected chi connectivity index (χ3v) is 3.53. The molecule has 0 spiro atoms. The second-order valence-corrected chi connectivity index (χ2v) is 5.02. The van der Waals surface area contributed by atoms with Gasteiger partial charge in [-0.2, -0.15) is 0 Å². The molecule has 0 bridgehead atoms. The zero-order valence-electron chi connectivity index (χ0n) is 10.8. The molecule has 0 saturated heterocycles. The molecule has 0 amide bonds. The summed E-state index contributed by atoms with van der Waals surface area (Å²) in [5.41, 5.74) is 4.19. The van der Waals surface area contributed by atoms with E-state index in [0.29, 0.717) is 0 Å². The molecule has 17 heavy (non-hydrogen) atoms. The van der Waals surface area contributed by atoms with Gasteiger partial charge in [0.05, 0.1) is 0 Å². The topological polar surface area (TPSA) is 12.9 Å². The van der Waals surface area contributed by atoms with E-state index in [0.717, 1.165) is 6.42 Å². The zero-order valence-corrected chi connectivity index (χ0v) is 10.8. The second-order valence-electron chi connectivity index (χ2n) is 5.02. The van der Waals surface area contributed by atoms with E-state index in [1.54, 1.807) is 0 Å². The molecule has 1 aromatic carbocycles. The molecule has 1 nitrogen and oxygen atoms in total. The molecule has 1 aromatic heterocycles. The molecule has 88 valence electrons. The van der Waals surface area contributed by atoms with Gasteiger partial charge in [-0.05, 0) is 40.7 Å². The number of hydrogen-bond acceptors (Lipinski definition) is 1. The molecule has 0 aliphatic carbocycles. The second kappa shape index (κ2) is 4.70. The maximum atomic E-state index is 4.08. The number of rotatable bonds is 3. The van der Waals surface area contributed by atoms with Crippen LogP contribution in [0.1, 0.15) is 32.8 Å². The van der Waals surface area contributed by atoms with Crippen LogP contribution in [0.2, 0.25) is 0 Å². The van der Waals surface area contributed by atoms with Gasteiger partial charge in [-0.15, -0.1) is 0 Å². The van der Waals surface area contributed by atoms with Gasteiger partial charge in [0.1, 0.15) is 0 Å². The van der Waals surface area contributed by atoms with Crippen LogP contribution in [0.15, 0.2) is 48.8 Å². The molecule has 0 saturated carbocycles. The SMILES string of the molecule is CCC(C)(C)c1ccccc1-c1ccncc1. The van der Waals surface area contributed by atoms with Crippen molar-refractivity contribution in [2.75, 3.05) is 0 Å². The van der Waals surface area contributed by atoms with Crippen molar-refractivity contribution < 1.29 is 0 Å². The minimum atomic E-state index is 0.208. The first-order valence-electron chi connectivity index (χ1n) is 6.15. The van der Waals surface area contributed by atoms with Crippen molar-refractivity contribution in [3.05, 3.63) is 54.4 Å². The molecule has 0 aliphatic heterocycles. The number of pyridine rings is 1. The van der Waals surface area contributed by atoms with Crippen molar-refractivity contribution in [2.45, 2.75) is 32.6 Å². The normalized spacial score (nSPS) is 11.5. The number of aromatic nitrogens is 1. The van der Waals surface area contributed by atoms with Crippen LogP contribution >= 0.6 is 0 Å². The van der Waals surface area contributed by atoms with Crippen LogP contribution in [-0.4, -0.2) is 4.98 Å². The molecule has 0 atom stereocenters. The quantitative estimate of drug-likeness (QED) is 0.752. The van der Waals surface area contributed by atoms with E-state index in [1.807, 2.05) is 12.4 Å². The van der Waals surface area contributed by atoms with Crippen LogP contribution in [0, 0.1) is 0 Å². The van der Waals surface area contributed by atoms with E-state index in [9.17, 15) is 0 Å². The Morgan fingerprint density at radius 1 is 1.00 bits per heavy atom. The molecular formula is C16H19N. The smallest absolute Gasteiger partial charge is 0.0273 e. The highest BCUT2D eigenvalue weighted by Gasteiger charge is 2.21. The first-order chi connectivity index (χ1) is 8.15. The molecule has 0 unspecified atom stereocenters. The van der Waals surface area contributed by atoms with Crippen molar-refractivity contribution >= 4 is 0 Å². The average Bonchev–Trinajstić information content (AvgIpc) is 2.40. The van der Waals surface area contributed by atoms with E-state index in [2.05, 4.69) is 62.2 Å². The number of nitrogens with zero attached hydrogens (tertiary/aromatic N) is 1. The molecular weight excluding hydrogens is 206 g/mol. The van der Waals surface area contributed by atoms with Crippen molar-refractivity contribution in [1.29, 1.82) is 0 Å². The van der Waals surface area contributed by atoms with Gasteiger partial charge in [-0.1, -0.05) is 45.0 Å². The summed E-state index contributed by atoms with van der Waals surface area (Å²) >= 11 is 0. The van der Waals surface area contributed by atoms with E-state index in [4.69, 9.17) is 0 Å². The fourth-order valence-electron chi connectivity index (χ4n) is 2.05. The lowest BCUT2D eigenvalue weighted by Crippen LogP contribution is -2.16. The summed E-state index contributed by atoms with van der Waals surface area (Å²) in [6.07, 6.45) is 4.84. The summed E-state index contributed by atoms with van der Waals surface area (Å²) in [5, 5.41) is 0. The first kappa shape index (κ1) is 11.8. The Balaban J connectivity index is 2.56. The van der Waals surface area contributed by atoms with E-state index >= 15 is 0 Å². The molecule has 0 N–H and O–H groups in total. The highest BCUT2D eigenvalue weighted by molar-refractivity contribution is 5.68. The molecule has 1 heterocycles. The van der Waals surface area contributed by atoms with Gasteiger partial charge in [0.15, 0.2) is 0 Å². The fourth-order valence-corrected chi connectivity index (χ4v) is 2.05. The van der Waals surface area contributed by atoms with Gasteiger partial charge in [0.25, 0.3) is 0 Å². The summed E-state index contributed by atoms with van der Waals surface area (Å²) in [5.74, 6) is 0. The summed E-state index contributed by atoms with van der Waals surface area (Å²) in [6, 6.07) is 12.8. The molecule has 2 rings (SSSR count). The average molecular weight is 225 g/mol. The van der Waals surface area contributed by atoms with Gasteiger partial charge in [0, 0.05) is 12.4 Å². The standard InChI is InChI=1S/C16H19N/c1-4-16(2,3)15-8-6-5-7-14(15)13-9-11-17-12-10-13/h5-12H,4H2,1-3H3. The Hall–Kier alpha value is -1.63. The predicted molar refractivity (Wildman–Crippen MR) is 73.0 cm³/mol. The summed E-state index contributed by atoms with van der Waals surface area (Å²) in [4.78, 5) is 4.08. The van der Waals surface area contributed by atoms with Crippen LogP contribution in [0.3, 0.4) is 0 Å². The lowest BCUT2D eigenvalue weighted by molar-refractivity contribution is 0.508. The van der Waals surface area contributed by atoms with Gasteiger partial charge in [-0.25, -0.2) is 0 Å². The van der Waals surface area contributed by atoms with Gasteiger partial charge in [-0.3, -0.25) is 4.98 Å². The molecule has 1 heteroatoms. The zero-order chi connectivity index (χ0) is 12.3. The Labute approximate surface area is 104 Å². The van der Waals surface area contributed by atoms with Crippen LogP contribution in [0.25, 0.3) is 11.1 Å². The Morgan fingerprint density at radius 2 is 1.65 bits per heavy atom. The summed E-state index contributed by atoms with van der Waals surface area (Å²) < 4.78 is 0. The third-order valence-electron chi connectivity index (χ3n) is 3.53. The Morgan fingerprint density at radius 3 is 2.29 bits per heavy atom. The highest BCUT2D eigenvalue weighted by Crippen LogP contribution is 2.34. The van der Waals surface area contributed by atoms with Crippen molar-refractivity contribution in [1.82, 2.24) is 4.98 Å². The van der Waals surface area contributed by atoms with Crippen molar-refractivity contribution in [3.63, 3.8) is 0 Å². The number of hydrogen-bond donors (Lipinski definition) is 0. The molecule has 0 fully saturated rings. The molecule has 2 aromatic rings. The third kappa shape index (κ3) is 2.38. The maximum Gasteiger partial charge on any atom is 0.0273 e. The molecule has 0 radical (unpaired) electrons. The first-order valence-corrected chi connectivity index (χ1v) is 6.15. The van der Waals surface area contributed by atoms with E-state index in [-0.39, 0.29) is 5.41 Å². The van der Waals surface area contributed by atoms with Crippen LogP contribution in [-0.2, 0) is 5.41 Å². The van der Waals surface area contributed by atoms with Crippen LogP contribution < -0.4 is 0 Å². The Bertz CT molecular complexity index is 486. The van der Waals surface area contributed by atoms with E-state index in [1.165, 1.54) is 16.7 Å². The lowest BCUT2D eigenvalue weighted by Gasteiger charge is -2.26. The Kier molecular flexibility index (Phi) is 3.28. The minimum Gasteiger partial charge on any atom is -0.265 e. The van der Waals surface area contributed by atoms with Crippen LogP contribution in [0.4, 0.5) is 0 Å². The minimum absolute atomic E-state index is 0.208. The van der Waals surface area contributed by atoms with Crippen molar-refractivity contribution in [3.8, 4) is 11.1 Å². The van der Waals surface area contributed by atoms with Crippen LogP contribution in [0.5, 0.6) is 0 Å². The lowest BCUT2D eigenvalue weighted by atomic mass is 9.78. The number of benzene rings is 1. The fraction of sp³-hybridized carbons (Fsp3) is 0.312. The largest absolute Gasteiger partial charge is 0.265 e. The predicted octanol–water partition coefficient (Wildman–Crippen LogP) is 4.44. The summed E-state index contributed by atoms with van der Waals surface area (Å²) in [6.45, 7) is 6.84. The van der Waals surface area contributed by atoms with Gasteiger partial charge >= 0.3 is 0 Å². The molecule has 0 aliphatic rings.